The van der Waals surface area contributed by atoms with E-state index in [-0.39, 0.29) is 20.9 Å². The maximum absolute atomic E-state index is 12.1. The fraction of sp³-hybridized carbons (Fsp3) is 0. The highest BCUT2D eigenvalue weighted by molar-refractivity contribution is 7.92. The van der Waals surface area contributed by atoms with E-state index >= 15 is 0 Å². The molecule has 0 saturated heterocycles. The van der Waals surface area contributed by atoms with Crippen LogP contribution in [-0.4, -0.2) is 18.4 Å². The third-order valence-corrected chi connectivity index (χ3v) is 4.12. The summed E-state index contributed by atoms with van der Waals surface area (Å²) in [5.74, 6) is 0. The third-order valence-electron chi connectivity index (χ3n) is 2.18. The van der Waals surface area contributed by atoms with E-state index in [4.69, 9.17) is 28.9 Å². The number of hydrogen-bond donors (Lipinski definition) is 2. The van der Waals surface area contributed by atoms with Crippen molar-refractivity contribution in [2.75, 3.05) is 10.5 Å². The molecule has 0 radical (unpaired) electrons. The molecule has 6 nitrogen and oxygen atoms in total. The van der Waals surface area contributed by atoms with Crippen molar-refractivity contribution in [3.63, 3.8) is 0 Å². The van der Waals surface area contributed by atoms with E-state index < -0.39 is 10.0 Å². The van der Waals surface area contributed by atoms with Crippen LogP contribution in [0.5, 0.6) is 0 Å². The van der Waals surface area contributed by atoms with E-state index in [2.05, 4.69) is 14.7 Å². The van der Waals surface area contributed by atoms with Crippen LogP contribution in [0, 0.1) is 0 Å². The van der Waals surface area contributed by atoms with Crippen molar-refractivity contribution in [1.82, 2.24) is 9.97 Å². The molecule has 0 aliphatic heterocycles. The standard InChI is InChI=1S/C10H8Cl2N4O2S/c11-9-8(10(12)15-5-14-9)16-19(17,18)7-3-1-6(13)2-4-7/h1-5,16H,13H2. The Morgan fingerprint density at radius 3 is 2.11 bits per heavy atom. The smallest absolute Gasteiger partial charge is 0.262 e. The van der Waals surface area contributed by atoms with Gasteiger partial charge in [-0.05, 0) is 24.3 Å². The summed E-state index contributed by atoms with van der Waals surface area (Å²) in [7, 11) is -3.83. The van der Waals surface area contributed by atoms with Gasteiger partial charge in [0, 0.05) is 5.69 Å². The fourth-order valence-corrected chi connectivity index (χ4v) is 2.86. The average Bonchev–Trinajstić information content (AvgIpc) is 2.35. The predicted octanol–water partition coefficient (Wildman–Crippen LogP) is 2.17. The van der Waals surface area contributed by atoms with Crippen molar-refractivity contribution in [3.05, 3.63) is 40.9 Å². The van der Waals surface area contributed by atoms with Gasteiger partial charge < -0.3 is 5.73 Å². The first-order valence-corrected chi connectivity index (χ1v) is 7.18. The SMILES string of the molecule is Nc1ccc(S(=O)(=O)Nc2c(Cl)ncnc2Cl)cc1. The number of nitrogens with zero attached hydrogens (tertiary/aromatic N) is 2. The second-order valence-corrected chi connectivity index (χ2v) is 5.90. The quantitative estimate of drug-likeness (QED) is 0.667. The fourth-order valence-electron chi connectivity index (χ4n) is 1.27. The van der Waals surface area contributed by atoms with Gasteiger partial charge in [0.1, 0.15) is 12.0 Å². The van der Waals surface area contributed by atoms with Crippen LogP contribution in [0.3, 0.4) is 0 Å². The lowest BCUT2D eigenvalue weighted by atomic mass is 10.3. The molecule has 0 unspecified atom stereocenters. The predicted molar refractivity (Wildman–Crippen MR) is 73.7 cm³/mol. The van der Waals surface area contributed by atoms with Gasteiger partial charge >= 0.3 is 0 Å². The molecular weight excluding hydrogens is 311 g/mol. The van der Waals surface area contributed by atoms with E-state index in [0.717, 1.165) is 6.33 Å². The largest absolute Gasteiger partial charge is 0.399 e. The molecule has 19 heavy (non-hydrogen) atoms. The minimum absolute atomic E-state index is 0.0256. The number of rotatable bonds is 3. The monoisotopic (exact) mass is 318 g/mol. The molecule has 0 aliphatic rings. The maximum atomic E-state index is 12.1. The number of nitrogens with two attached hydrogens (primary N) is 1. The summed E-state index contributed by atoms with van der Waals surface area (Å²) in [6.45, 7) is 0. The lowest BCUT2D eigenvalue weighted by molar-refractivity contribution is 0.601. The molecule has 100 valence electrons. The van der Waals surface area contributed by atoms with Gasteiger partial charge in [-0.25, -0.2) is 18.4 Å². The summed E-state index contributed by atoms with van der Waals surface area (Å²) < 4.78 is 26.4. The van der Waals surface area contributed by atoms with Crippen LogP contribution in [0.4, 0.5) is 11.4 Å². The summed E-state index contributed by atoms with van der Waals surface area (Å²) in [4.78, 5) is 7.34. The first-order valence-electron chi connectivity index (χ1n) is 4.94. The maximum Gasteiger partial charge on any atom is 0.262 e. The second kappa shape index (κ2) is 5.20. The molecule has 0 atom stereocenters. The van der Waals surface area contributed by atoms with E-state index in [1.165, 1.54) is 24.3 Å². The van der Waals surface area contributed by atoms with Crippen LogP contribution in [0.15, 0.2) is 35.5 Å². The first-order chi connectivity index (χ1) is 8.90. The van der Waals surface area contributed by atoms with Crippen molar-refractivity contribution >= 4 is 44.6 Å². The van der Waals surface area contributed by atoms with Crippen molar-refractivity contribution in [2.24, 2.45) is 0 Å². The molecule has 3 N–H and O–H groups in total. The summed E-state index contributed by atoms with van der Waals surface area (Å²) >= 11 is 11.5. The first kappa shape index (κ1) is 13.9. The Labute approximate surface area is 119 Å². The second-order valence-electron chi connectivity index (χ2n) is 3.50. The van der Waals surface area contributed by atoms with Crippen LogP contribution in [0.2, 0.25) is 10.3 Å². The molecule has 9 heteroatoms. The number of benzene rings is 1. The van der Waals surface area contributed by atoms with E-state index in [1.807, 2.05) is 0 Å². The van der Waals surface area contributed by atoms with Gasteiger partial charge in [-0.2, -0.15) is 0 Å². The molecule has 1 heterocycles. The lowest BCUT2D eigenvalue weighted by Crippen LogP contribution is -2.14. The number of sulfonamides is 1. The average molecular weight is 319 g/mol. The van der Waals surface area contributed by atoms with Gasteiger partial charge in [-0.1, -0.05) is 23.2 Å². The molecule has 0 spiro atoms. The summed E-state index contributed by atoms with van der Waals surface area (Å²) in [6.07, 6.45) is 1.13. The number of hydrogen-bond acceptors (Lipinski definition) is 5. The topological polar surface area (TPSA) is 98.0 Å². The molecular formula is C10H8Cl2N4O2S. The zero-order valence-electron chi connectivity index (χ0n) is 9.34. The third kappa shape index (κ3) is 3.06. The number of halogens is 2. The minimum atomic E-state index is -3.83. The minimum Gasteiger partial charge on any atom is -0.399 e. The highest BCUT2D eigenvalue weighted by atomic mass is 35.5. The van der Waals surface area contributed by atoms with Crippen molar-refractivity contribution in [1.29, 1.82) is 0 Å². The number of nitrogen functional groups attached to an aromatic ring is 1. The van der Waals surface area contributed by atoms with Crippen molar-refractivity contribution in [3.8, 4) is 0 Å². The lowest BCUT2D eigenvalue weighted by Gasteiger charge is -2.09. The van der Waals surface area contributed by atoms with Gasteiger partial charge in [0.25, 0.3) is 10.0 Å². The summed E-state index contributed by atoms with van der Waals surface area (Å²) in [6, 6.07) is 5.67. The van der Waals surface area contributed by atoms with Gasteiger partial charge in [-0.15, -0.1) is 0 Å². The van der Waals surface area contributed by atoms with E-state index in [9.17, 15) is 8.42 Å². The molecule has 0 aliphatic carbocycles. The Balaban J connectivity index is 2.39. The molecule has 0 amide bonds. The number of nitrogens with one attached hydrogen (secondary N) is 1. The highest BCUT2D eigenvalue weighted by Crippen LogP contribution is 2.28. The van der Waals surface area contributed by atoms with Gasteiger partial charge in [0.2, 0.25) is 0 Å². The molecule has 0 bridgehead atoms. The number of aromatic nitrogens is 2. The Morgan fingerprint density at radius 2 is 1.58 bits per heavy atom. The van der Waals surface area contributed by atoms with E-state index in [1.54, 1.807) is 0 Å². The molecule has 1 aromatic carbocycles. The van der Waals surface area contributed by atoms with Gasteiger partial charge in [0.15, 0.2) is 10.3 Å². The van der Waals surface area contributed by atoms with Crippen LogP contribution >= 0.6 is 23.2 Å². The Hall–Kier alpha value is -1.57. The van der Waals surface area contributed by atoms with Crippen LogP contribution in [-0.2, 0) is 10.0 Å². The van der Waals surface area contributed by atoms with E-state index in [0.29, 0.717) is 5.69 Å². The Morgan fingerprint density at radius 1 is 1.05 bits per heavy atom. The normalized spacial score (nSPS) is 11.3. The zero-order chi connectivity index (χ0) is 14.0. The molecule has 2 rings (SSSR count). The number of anilines is 2. The summed E-state index contributed by atoms with van der Waals surface area (Å²) in [5.41, 5.74) is 5.88. The molecule has 0 saturated carbocycles. The van der Waals surface area contributed by atoms with Crippen molar-refractivity contribution in [2.45, 2.75) is 4.90 Å². The molecule has 2 aromatic rings. The van der Waals surface area contributed by atoms with Crippen LogP contribution in [0.1, 0.15) is 0 Å². The molecule has 1 aromatic heterocycles. The van der Waals surface area contributed by atoms with Crippen LogP contribution in [0.25, 0.3) is 0 Å². The highest BCUT2D eigenvalue weighted by Gasteiger charge is 2.18. The Kier molecular flexibility index (Phi) is 3.79. The van der Waals surface area contributed by atoms with Crippen LogP contribution < -0.4 is 10.5 Å². The van der Waals surface area contributed by atoms with Crippen molar-refractivity contribution < 1.29 is 8.42 Å². The summed E-state index contributed by atoms with van der Waals surface area (Å²) in [5, 5.41) is -0.168. The van der Waals surface area contributed by atoms with Gasteiger partial charge in [-0.3, -0.25) is 4.72 Å². The Bertz CT molecular complexity index is 684. The zero-order valence-corrected chi connectivity index (χ0v) is 11.7. The molecule has 0 fully saturated rings. The van der Waals surface area contributed by atoms with Gasteiger partial charge in [0.05, 0.1) is 4.90 Å².